The Kier molecular flexibility index (Phi) is 5.62. The summed E-state index contributed by atoms with van der Waals surface area (Å²) in [7, 11) is 0. The van der Waals surface area contributed by atoms with Crippen LogP contribution in [0.25, 0.3) is 17.0 Å². The van der Waals surface area contributed by atoms with E-state index in [9.17, 15) is 9.90 Å². The summed E-state index contributed by atoms with van der Waals surface area (Å²) in [6.45, 7) is 6.95. The molecule has 1 aromatic carbocycles. The fraction of sp³-hybridized carbons (Fsp3) is 0.455. The highest BCUT2D eigenvalue weighted by Gasteiger charge is 2.24. The molecular weight excluding hydrogens is 410 g/mol. The van der Waals surface area contributed by atoms with Gasteiger partial charge in [-0.2, -0.15) is 9.97 Å². The van der Waals surface area contributed by atoms with Crippen molar-refractivity contribution in [3.05, 3.63) is 36.2 Å². The molecule has 0 spiro atoms. The van der Waals surface area contributed by atoms with Crippen molar-refractivity contribution in [2.24, 2.45) is 0 Å². The summed E-state index contributed by atoms with van der Waals surface area (Å²) in [4.78, 5) is 32.3. The van der Waals surface area contributed by atoms with Crippen LogP contribution in [0.3, 0.4) is 0 Å². The van der Waals surface area contributed by atoms with Gasteiger partial charge in [-0.1, -0.05) is 12.1 Å². The lowest BCUT2D eigenvalue weighted by Gasteiger charge is -2.35. The fourth-order valence-corrected chi connectivity index (χ4v) is 4.28. The lowest BCUT2D eigenvalue weighted by Crippen LogP contribution is -2.48. The topological polar surface area (TPSA) is 99.9 Å². The number of hydrogen-bond donors (Lipinski definition) is 1. The average molecular weight is 438 g/mol. The maximum absolute atomic E-state index is 11.7. The number of benzene rings is 1. The number of rotatable bonds is 4. The third kappa shape index (κ3) is 3.87. The molecule has 0 bridgehead atoms. The van der Waals surface area contributed by atoms with Gasteiger partial charge in [-0.05, 0) is 12.1 Å². The van der Waals surface area contributed by atoms with Gasteiger partial charge < -0.3 is 24.5 Å². The van der Waals surface area contributed by atoms with Crippen molar-refractivity contribution < 1.29 is 14.6 Å². The minimum absolute atomic E-state index is 0.0968. The standard InChI is InChI=1S/C22H27N7O3/c1-16(31)26-6-8-27(9-7-26)19-14-20(28-10-12-32-13-11-28)25-22(24-19)29-18-5-3-2-4-17(18)23-21(29)15-30/h2-5,14,30H,6-13,15H2,1H3. The van der Waals surface area contributed by atoms with Gasteiger partial charge >= 0.3 is 0 Å². The van der Waals surface area contributed by atoms with Crippen LogP contribution in [0, 0.1) is 0 Å². The summed E-state index contributed by atoms with van der Waals surface area (Å²) in [5.41, 5.74) is 1.64. The third-order valence-electron chi connectivity index (χ3n) is 6.04. The molecule has 10 nitrogen and oxygen atoms in total. The SMILES string of the molecule is CC(=O)N1CCN(c2cc(N3CCOCC3)nc(-n3c(CO)nc4ccccc43)n2)CC1. The number of fused-ring (bicyclic) bond motifs is 1. The van der Waals surface area contributed by atoms with Crippen molar-refractivity contribution in [1.29, 1.82) is 0 Å². The van der Waals surface area contributed by atoms with Gasteiger partial charge in [0.1, 0.15) is 24.1 Å². The van der Waals surface area contributed by atoms with Crippen LogP contribution in [-0.2, 0) is 16.1 Å². The van der Waals surface area contributed by atoms with Crippen LogP contribution in [0.4, 0.5) is 11.6 Å². The Morgan fingerprint density at radius 1 is 0.969 bits per heavy atom. The Bertz CT molecular complexity index is 1120. The Morgan fingerprint density at radius 3 is 2.28 bits per heavy atom. The van der Waals surface area contributed by atoms with Crippen molar-refractivity contribution in [3.63, 3.8) is 0 Å². The van der Waals surface area contributed by atoms with E-state index in [1.54, 1.807) is 6.92 Å². The normalized spacial score (nSPS) is 17.2. The summed E-state index contributed by atoms with van der Waals surface area (Å²) in [5.74, 6) is 2.71. The zero-order chi connectivity index (χ0) is 22.1. The first-order valence-electron chi connectivity index (χ1n) is 10.9. The van der Waals surface area contributed by atoms with Gasteiger partial charge in [-0.3, -0.25) is 9.36 Å². The van der Waals surface area contributed by atoms with Gasteiger partial charge in [-0.25, -0.2) is 4.98 Å². The van der Waals surface area contributed by atoms with Gasteiger partial charge in [0.05, 0.1) is 24.2 Å². The van der Waals surface area contributed by atoms with Crippen LogP contribution >= 0.6 is 0 Å². The maximum atomic E-state index is 11.7. The van der Waals surface area contributed by atoms with E-state index in [1.165, 1.54) is 0 Å². The van der Waals surface area contributed by atoms with E-state index in [4.69, 9.17) is 14.7 Å². The minimum Gasteiger partial charge on any atom is -0.388 e. The highest BCUT2D eigenvalue weighted by Crippen LogP contribution is 2.26. The predicted molar refractivity (Wildman–Crippen MR) is 120 cm³/mol. The molecule has 32 heavy (non-hydrogen) atoms. The second kappa shape index (κ2) is 8.71. The molecule has 5 rings (SSSR count). The smallest absolute Gasteiger partial charge is 0.239 e. The number of anilines is 2. The molecule has 3 aromatic rings. The number of amides is 1. The molecule has 2 aliphatic heterocycles. The van der Waals surface area contributed by atoms with Crippen LogP contribution in [0.15, 0.2) is 30.3 Å². The number of aliphatic hydroxyl groups is 1. The van der Waals surface area contributed by atoms with E-state index >= 15 is 0 Å². The van der Waals surface area contributed by atoms with E-state index in [-0.39, 0.29) is 12.5 Å². The Morgan fingerprint density at radius 2 is 1.62 bits per heavy atom. The number of piperazine rings is 1. The molecule has 1 N–H and O–H groups in total. The molecule has 0 saturated carbocycles. The first kappa shape index (κ1) is 20.7. The summed E-state index contributed by atoms with van der Waals surface area (Å²) in [5, 5.41) is 9.98. The Balaban J connectivity index is 1.58. The largest absolute Gasteiger partial charge is 0.388 e. The van der Waals surface area contributed by atoms with Crippen LogP contribution in [0.1, 0.15) is 12.7 Å². The summed E-state index contributed by atoms with van der Waals surface area (Å²) < 4.78 is 7.35. The first-order valence-corrected chi connectivity index (χ1v) is 10.9. The zero-order valence-corrected chi connectivity index (χ0v) is 18.1. The molecule has 0 unspecified atom stereocenters. The van der Waals surface area contributed by atoms with Crippen molar-refractivity contribution in [2.45, 2.75) is 13.5 Å². The number of carbonyl (C=O) groups is 1. The van der Waals surface area contributed by atoms with Crippen molar-refractivity contribution in [2.75, 3.05) is 62.3 Å². The van der Waals surface area contributed by atoms with Crippen LogP contribution < -0.4 is 9.80 Å². The number of morpholine rings is 1. The molecule has 4 heterocycles. The van der Waals surface area contributed by atoms with Crippen LogP contribution in [-0.4, -0.2) is 87.9 Å². The van der Waals surface area contributed by atoms with Gasteiger partial charge in [0.25, 0.3) is 0 Å². The summed E-state index contributed by atoms with van der Waals surface area (Å²) in [6.07, 6.45) is 0. The van der Waals surface area contributed by atoms with Gasteiger partial charge in [-0.15, -0.1) is 0 Å². The second-order valence-electron chi connectivity index (χ2n) is 7.99. The first-order chi connectivity index (χ1) is 15.6. The highest BCUT2D eigenvalue weighted by molar-refractivity contribution is 5.78. The monoisotopic (exact) mass is 437 g/mol. The number of para-hydroxylation sites is 2. The Labute approximate surface area is 186 Å². The second-order valence-corrected chi connectivity index (χ2v) is 7.99. The van der Waals surface area contributed by atoms with Gasteiger partial charge in [0, 0.05) is 52.3 Å². The number of carbonyl (C=O) groups excluding carboxylic acids is 1. The molecule has 10 heteroatoms. The number of nitrogens with zero attached hydrogens (tertiary/aromatic N) is 7. The number of hydrogen-bond acceptors (Lipinski definition) is 8. The lowest BCUT2D eigenvalue weighted by molar-refractivity contribution is -0.129. The molecule has 2 aromatic heterocycles. The quantitative estimate of drug-likeness (QED) is 0.640. The fourth-order valence-electron chi connectivity index (χ4n) is 4.28. The molecule has 2 fully saturated rings. The molecule has 0 aliphatic carbocycles. The molecular formula is C22H27N7O3. The molecule has 0 radical (unpaired) electrons. The van der Waals surface area contributed by atoms with Crippen LogP contribution in [0.2, 0.25) is 0 Å². The van der Waals surface area contributed by atoms with Crippen molar-refractivity contribution in [3.8, 4) is 5.95 Å². The third-order valence-corrected chi connectivity index (χ3v) is 6.04. The molecule has 1 amide bonds. The van der Waals surface area contributed by atoms with Gasteiger partial charge in [0.2, 0.25) is 11.9 Å². The van der Waals surface area contributed by atoms with Gasteiger partial charge in [0.15, 0.2) is 0 Å². The summed E-state index contributed by atoms with van der Waals surface area (Å²) in [6, 6.07) is 9.74. The predicted octanol–water partition coefficient (Wildman–Crippen LogP) is 0.813. The molecule has 168 valence electrons. The Hall–Kier alpha value is -3.24. The van der Waals surface area contributed by atoms with E-state index in [2.05, 4.69) is 14.8 Å². The number of aromatic nitrogens is 4. The van der Waals surface area contributed by atoms with E-state index < -0.39 is 0 Å². The van der Waals surface area contributed by atoms with Crippen molar-refractivity contribution >= 4 is 28.6 Å². The molecule has 2 aliphatic rings. The average Bonchev–Trinajstić information content (AvgIpc) is 3.23. The van der Waals surface area contributed by atoms with Crippen LogP contribution in [0.5, 0.6) is 0 Å². The van der Waals surface area contributed by atoms with E-state index in [0.29, 0.717) is 51.2 Å². The molecule has 0 atom stereocenters. The van der Waals surface area contributed by atoms with E-state index in [0.717, 1.165) is 35.8 Å². The maximum Gasteiger partial charge on any atom is 0.239 e. The molecule has 2 saturated heterocycles. The van der Waals surface area contributed by atoms with Crippen molar-refractivity contribution in [1.82, 2.24) is 24.4 Å². The zero-order valence-electron chi connectivity index (χ0n) is 18.1. The summed E-state index contributed by atoms with van der Waals surface area (Å²) >= 11 is 0. The highest BCUT2D eigenvalue weighted by atomic mass is 16.5. The van der Waals surface area contributed by atoms with E-state index in [1.807, 2.05) is 39.8 Å². The number of aliphatic hydroxyl groups excluding tert-OH is 1. The number of imidazole rings is 1. The number of ether oxygens (including phenoxy) is 1. The minimum atomic E-state index is -0.216. The lowest BCUT2D eigenvalue weighted by atomic mass is 10.3.